The minimum absolute atomic E-state index is 0.0205. The topological polar surface area (TPSA) is 261 Å². The summed E-state index contributed by atoms with van der Waals surface area (Å²) in [6, 6.07) is 4.06. The second-order valence-electron chi connectivity index (χ2n) is 7.95. The van der Waals surface area contributed by atoms with E-state index in [1.807, 2.05) is 0 Å². The molecule has 3 rings (SSSR count). The third-order valence-corrected chi connectivity index (χ3v) is 5.28. The number of hydrogen-bond acceptors (Lipinski definition) is 14. The van der Waals surface area contributed by atoms with Crippen molar-refractivity contribution in [1.29, 1.82) is 0 Å². The Labute approximate surface area is 204 Å². The molecule has 12 N–H and O–H groups in total. The van der Waals surface area contributed by atoms with Crippen LogP contribution in [0.4, 0.5) is 0 Å². The molecule has 1 aliphatic heterocycles. The summed E-state index contributed by atoms with van der Waals surface area (Å²) < 4.78 is 5.42. The first-order chi connectivity index (χ1) is 16.8. The van der Waals surface area contributed by atoms with Gasteiger partial charge in [0.05, 0.1) is 12.7 Å². The van der Waals surface area contributed by atoms with Gasteiger partial charge in [-0.05, 0) is 19.2 Å². The van der Waals surface area contributed by atoms with Gasteiger partial charge in [0.1, 0.15) is 41.1 Å². The summed E-state index contributed by atoms with van der Waals surface area (Å²) in [6.45, 7) is -0.569. The molecule has 14 heteroatoms. The number of likely N-dealkylation sites (N-methyl/N-ethyl adjacent to an activating group) is 1. The van der Waals surface area contributed by atoms with E-state index in [1.165, 1.54) is 0 Å². The van der Waals surface area contributed by atoms with Gasteiger partial charge in [-0.25, -0.2) is 0 Å². The quantitative estimate of drug-likeness (QED) is 0.171. The maximum atomic E-state index is 12.2. The third-order valence-electron chi connectivity index (χ3n) is 5.28. The number of Topliss-reactive ketones (excluding diaryl/α,β-unsaturated/α-hetero) is 1. The van der Waals surface area contributed by atoms with Crippen molar-refractivity contribution in [3.63, 3.8) is 0 Å². The van der Waals surface area contributed by atoms with Crippen molar-refractivity contribution in [2.24, 2.45) is 0 Å². The minimum Gasteiger partial charge on any atom is -0.508 e. The number of aliphatic hydroxyl groups is 6. The average Bonchev–Trinajstić information content (AvgIpc) is 2.83. The molecule has 0 aliphatic carbocycles. The molecule has 0 fully saturated rings. The first kappa shape index (κ1) is 28.9. The molecule has 0 saturated carbocycles. The molecule has 0 saturated heterocycles. The van der Waals surface area contributed by atoms with Gasteiger partial charge in [0.15, 0.2) is 29.5 Å². The molecule has 1 heterocycles. The maximum Gasteiger partial charge on any atom is 0.202 e. The van der Waals surface area contributed by atoms with E-state index in [9.17, 15) is 40.5 Å². The Hall–Kier alpha value is -3.37. The van der Waals surface area contributed by atoms with Crippen molar-refractivity contribution in [3.8, 4) is 34.5 Å². The summed E-state index contributed by atoms with van der Waals surface area (Å²) in [7, 11) is 1.57. The Morgan fingerprint density at radius 2 is 1.44 bits per heavy atom. The number of aromatic hydroxyl groups is 5. The molecule has 200 valence electrons. The molecule has 14 nitrogen and oxygen atoms in total. The number of nitrogens with one attached hydrogen (secondary N) is 1. The minimum atomic E-state index is -1.72. The number of rotatable bonds is 7. The van der Waals surface area contributed by atoms with E-state index in [-0.39, 0.29) is 29.2 Å². The first-order valence-corrected chi connectivity index (χ1v) is 10.5. The van der Waals surface area contributed by atoms with Crippen LogP contribution in [0.3, 0.4) is 0 Å². The standard InChI is InChI=1S/C15H12O8.C7H17NO5/c16-6-3-7(17)11-10(4-6)23-15(14(22)13(11)21)5-1-8(18)12(20)9(19)2-5;1-8-2-4(10)6(12)7(13)5(11)3-9/h1-4,14-20,22H;4-13H,2-3H2,1H3/t;4-,5+,6+,7+/m.0/s1. The van der Waals surface area contributed by atoms with Crippen molar-refractivity contribution in [3.05, 3.63) is 35.4 Å². The Morgan fingerprint density at radius 1 is 0.889 bits per heavy atom. The van der Waals surface area contributed by atoms with E-state index in [4.69, 9.17) is 25.2 Å². The lowest BCUT2D eigenvalue weighted by molar-refractivity contribution is -0.113. The molecule has 0 bridgehead atoms. The Bertz CT molecular complexity index is 1040. The summed E-state index contributed by atoms with van der Waals surface area (Å²) >= 11 is 0. The second kappa shape index (κ2) is 12.0. The molecule has 0 aromatic heterocycles. The van der Waals surface area contributed by atoms with E-state index >= 15 is 0 Å². The summed E-state index contributed by atoms with van der Waals surface area (Å²) in [5, 5.41) is 105. The third kappa shape index (κ3) is 6.24. The first-order valence-electron chi connectivity index (χ1n) is 10.5. The molecule has 36 heavy (non-hydrogen) atoms. The summed E-state index contributed by atoms with van der Waals surface area (Å²) in [5.74, 6) is -3.96. The van der Waals surface area contributed by atoms with Crippen LogP contribution in [0, 0.1) is 0 Å². The Morgan fingerprint density at radius 3 is 1.97 bits per heavy atom. The number of phenolic OH excluding ortho intramolecular Hbond substituents is 5. The number of fused-ring (bicyclic) bond motifs is 1. The predicted octanol–water partition coefficient (Wildman–Crippen LogP) is -2.47. The van der Waals surface area contributed by atoms with Crippen LogP contribution >= 0.6 is 0 Å². The zero-order chi connectivity index (χ0) is 27.3. The lowest BCUT2D eigenvalue weighted by atomic mass is 9.92. The van der Waals surface area contributed by atoms with E-state index < -0.39 is 72.0 Å². The monoisotopic (exact) mass is 515 g/mol. The van der Waals surface area contributed by atoms with Gasteiger partial charge in [-0.2, -0.15) is 0 Å². The molecule has 1 aliphatic rings. The van der Waals surface area contributed by atoms with Crippen LogP contribution in [0.25, 0.3) is 0 Å². The fourth-order valence-electron chi connectivity index (χ4n) is 3.35. The predicted molar refractivity (Wildman–Crippen MR) is 120 cm³/mol. The number of ketones is 1. The van der Waals surface area contributed by atoms with Crippen molar-refractivity contribution in [1.82, 2.24) is 5.32 Å². The van der Waals surface area contributed by atoms with Crippen molar-refractivity contribution in [2.75, 3.05) is 20.2 Å². The van der Waals surface area contributed by atoms with Gasteiger partial charge < -0.3 is 66.2 Å². The molecular formula is C22H29NO13. The smallest absolute Gasteiger partial charge is 0.202 e. The number of carbonyl (C=O) groups excluding carboxylic acids is 1. The number of ether oxygens (including phenoxy) is 1. The van der Waals surface area contributed by atoms with Crippen LogP contribution in [-0.4, -0.2) is 113 Å². The molecular weight excluding hydrogens is 486 g/mol. The number of phenols is 5. The lowest BCUT2D eigenvalue weighted by Crippen LogP contribution is -2.48. The van der Waals surface area contributed by atoms with Gasteiger partial charge >= 0.3 is 0 Å². The zero-order valence-corrected chi connectivity index (χ0v) is 18.9. The van der Waals surface area contributed by atoms with E-state index in [2.05, 4.69) is 5.32 Å². The van der Waals surface area contributed by atoms with E-state index in [0.29, 0.717) is 0 Å². The number of hydrogen-bond donors (Lipinski definition) is 12. The highest BCUT2D eigenvalue weighted by Crippen LogP contribution is 2.44. The van der Waals surface area contributed by atoms with Crippen LogP contribution in [0.2, 0.25) is 0 Å². The highest BCUT2D eigenvalue weighted by atomic mass is 16.5. The molecule has 2 aromatic carbocycles. The summed E-state index contributed by atoms with van der Waals surface area (Å²) in [6.07, 6.45) is -8.68. The van der Waals surface area contributed by atoms with Crippen LogP contribution in [-0.2, 0) is 0 Å². The highest BCUT2D eigenvalue weighted by molar-refractivity contribution is 6.05. The summed E-state index contributed by atoms with van der Waals surface area (Å²) in [5.41, 5.74) is -0.258. The van der Waals surface area contributed by atoms with Crippen molar-refractivity contribution < 1.29 is 65.7 Å². The highest BCUT2D eigenvalue weighted by Gasteiger charge is 2.39. The Kier molecular flexibility index (Phi) is 9.66. The van der Waals surface area contributed by atoms with Crippen LogP contribution in [0.1, 0.15) is 22.0 Å². The van der Waals surface area contributed by atoms with Gasteiger partial charge in [-0.15, -0.1) is 0 Å². The second-order valence-corrected chi connectivity index (χ2v) is 7.95. The zero-order valence-electron chi connectivity index (χ0n) is 18.9. The van der Waals surface area contributed by atoms with Gasteiger partial charge in [0, 0.05) is 24.2 Å². The fraction of sp³-hybridized carbons (Fsp3) is 0.409. The molecule has 2 unspecified atom stereocenters. The van der Waals surface area contributed by atoms with Gasteiger partial charge in [-0.3, -0.25) is 4.79 Å². The number of carbonyl (C=O) groups is 1. The van der Waals surface area contributed by atoms with Crippen molar-refractivity contribution >= 4 is 5.78 Å². The van der Waals surface area contributed by atoms with Gasteiger partial charge in [-0.1, -0.05) is 0 Å². The summed E-state index contributed by atoms with van der Waals surface area (Å²) in [4.78, 5) is 12.2. The van der Waals surface area contributed by atoms with Gasteiger partial charge in [0.25, 0.3) is 0 Å². The van der Waals surface area contributed by atoms with E-state index in [0.717, 1.165) is 24.3 Å². The molecule has 0 spiro atoms. The Balaban J connectivity index is 0.000000302. The maximum absolute atomic E-state index is 12.2. The lowest BCUT2D eigenvalue weighted by Gasteiger charge is -2.30. The normalized spacial score (nSPS) is 20.2. The fourth-order valence-corrected chi connectivity index (χ4v) is 3.35. The number of aliphatic hydroxyl groups excluding tert-OH is 6. The van der Waals surface area contributed by atoms with Gasteiger partial charge in [0.2, 0.25) is 5.78 Å². The number of benzene rings is 2. The van der Waals surface area contributed by atoms with E-state index in [1.54, 1.807) is 7.05 Å². The van der Waals surface area contributed by atoms with Crippen molar-refractivity contribution in [2.45, 2.75) is 36.6 Å². The average molecular weight is 515 g/mol. The molecule has 0 amide bonds. The molecule has 6 atom stereocenters. The van der Waals surface area contributed by atoms with Crippen LogP contribution in [0.5, 0.6) is 34.5 Å². The molecule has 0 radical (unpaired) electrons. The van der Waals surface area contributed by atoms with Crippen LogP contribution < -0.4 is 10.1 Å². The SMILES string of the molecule is CNC[C@H](O)[C@@H](O)[C@H](O)[C@H](O)CO.O=C1c2c(O)cc(O)cc2OC(c2cc(O)c(O)c(O)c2)C1O. The molecule has 2 aromatic rings. The van der Waals surface area contributed by atoms with Crippen LogP contribution in [0.15, 0.2) is 24.3 Å². The largest absolute Gasteiger partial charge is 0.508 e.